The summed E-state index contributed by atoms with van der Waals surface area (Å²) in [6.45, 7) is 11.9. The normalized spacial score (nSPS) is 10.3. The summed E-state index contributed by atoms with van der Waals surface area (Å²) >= 11 is 0. The van der Waals surface area contributed by atoms with Crippen molar-refractivity contribution in [3.05, 3.63) is 47.0 Å². The van der Waals surface area contributed by atoms with Crippen LogP contribution in [0.25, 0.3) is 0 Å². The maximum atomic E-state index is 5.35. The molecule has 0 amide bonds. The van der Waals surface area contributed by atoms with Gasteiger partial charge in [-0.15, -0.1) is 0 Å². The second kappa shape index (κ2) is 5.75. The van der Waals surface area contributed by atoms with Crippen LogP contribution in [0.1, 0.15) is 41.5 Å². The van der Waals surface area contributed by atoms with Gasteiger partial charge in [0.2, 0.25) is 0 Å². The monoisotopic (exact) mass is 201 g/mol. The van der Waals surface area contributed by atoms with Crippen molar-refractivity contribution in [1.82, 2.24) is 0 Å². The molecule has 0 heterocycles. The Labute approximate surface area is 94.0 Å². The van der Waals surface area contributed by atoms with Gasteiger partial charge in [0, 0.05) is 0 Å². The number of aryl methyl sites for hydroxylation is 3. The van der Waals surface area contributed by atoms with E-state index in [-0.39, 0.29) is 0 Å². The average molecular weight is 201 g/mol. The SMILES string of the molecule is [CH]=CCCCCc1cc(C)c(C)c(C)c1. The zero-order valence-electron chi connectivity index (χ0n) is 10.1. The van der Waals surface area contributed by atoms with Gasteiger partial charge in [0.05, 0.1) is 0 Å². The predicted octanol–water partition coefficient (Wildman–Crippen LogP) is 4.31. The molecule has 0 N–H and O–H groups in total. The smallest absolute Gasteiger partial charge is 0.0279 e. The lowest BCUT2D eigenvalue weighted by Gasteiger charge is -2.08. The first-order chi connectivity index (χ1) is 7.15. The molecule has 0 nitrogen and oxygen atoms in total. The summed E-state index contributed by atoms with van der Waals surface area (Å²) in [4.78, 5) is 0. The Bertz CT molecular complexity index is 311. The topological polar surface area (TPSA) is 0 Å². The molecule has 0 aromatic heterocycles. The maximum Gasteiger partial charge on any atom is -0.0279 e. The minimum absolute atomic E-state index is 1.03. The third-order valence-electron chi connectivity index (χ3n) is 3.07. The Kier molecular flexibility index (Phi) is 4.61. The van der Waals surface area contributed by atoms with E-state index in [1.165, 1.54) is 41.5 Å². The third kappa shape index (κ3) is 3.54. The summed E-state index contributed by atoms with van der Waals surface area (Å²) in [5.41, 5.74) is 5.72. The van der Waals surface area contributed by atoms with Crippen molar-refractivity contribution < 1.29 is 0 Å². The van der Waals surface area contributed by atoms with Crippen LogP contribution in [0, 0.1) is 27.4 Å². The van der Waals surface area contributed by atoms with E-state index in [0.29, 0.717) is 0 Å². The van der Waals surface area contributed by atoms with E-state index in [0.717, 1.165) is 6.42 Å². The molecule has 0 aliphatic heterocycles. The molecule has 0 saturated heterocycles. The largest absolute Gasteiger partial charge is 0.0845 e. The van der Waals surface area contributed by atoms with Gasteiger partial charge >= 0.3 is 0 Å². The summed E-state index contributed by atoms with van der Waals surface area (Å²) in [5, 5.41) is 0. The number of rotatable bonds is 5. The molecule has 0 spiro atoms. The summed E-state index contributed by atoms with van der Waals surface area (Å²) in [6, 6.07) is 4.63. The molecule has 0 saturated carbocycles. The molecule has 0 atom stereocenters. The fraction of sp³-hybridized carbons (Fsp3) is 0.467. The second-order valence-electron chi connectivity index (χ2n) is 4.34. The van der Waals surface area contributed by atoms with Gasteiger partial charge in [-0.05, 0) is 68.7 Å². The highest BCUT2D eigenvalue weighted by molar-refractivity contribution is 5.36. The highest BCUT2D eigenvalue weighted by Crippen LogP contribution is 2.17. The Balaban J connectivity index is 2.58. The molecule has 0 heteroatoms. The lowest BCUT2D eigenvalue weighted by Crippen LogP contribution is -1.92. The Morgan fingerprint density at radius 1 is 1.07 bits per heavy atom. The van der Waals surface area contributed by atoms with Crippen LogP contribution < -0.4 is 0 Å². The molecule has 0 aliphatic carbocycles. The fourth-order valence-corrected chi connectivity index (χ4v) is 1.86. The predicted molar refractivity (Wildman–Crippen MR) is 67.1 cm³/mol. The van der Waals surface area contributed by atoms with Crippen LogP contribution in [-0.4, -0.2) is 0 Å². The molecule has 0 unspecified atom stereocenters. The highest BCUT2D eigenvalue weighted by atomic mass is 14.1. The highest BCUT2D eigenvalue weighted by Gasteiger charge is 2.00. The van der Waals surface area contributed by atoms with Crippen molar-refractivity contribution in [1.29, 1.82) is 0 Å². The minimum atomic E-state index is 1.03. The van der Waals surface area contributed by atoms with Gasteiger partial charge in [-0.25, -0.2) is 0 Å². The zero-order valence-corrected chi connectivity index (χ0v) is 10.1. The van der Waals surface area contributed by atoms with Crippen molar-refractivity contribution in [2.45, 2.75) is 46.5 Å². The molecule has 1 rings (SSSR count). The van der Waals surface area contributed by atoms with Crippen LogP contribution in [0.2, 0.25) is 0 Å². The van der Waals surface area contributed by atoms with E-state index >= 15 is 0 Å². The minimum Gasteiger partial charge on any atom is -0.0845 e. The molecular formula is C15H21. The van der Waals surface area contributed by atoms with Crippen molar-refractivity contribution in [2.24, 2.45) is 0 Å². The van der Waals surface area contributed by atoms with E-state index in [1.54, 1.807) is 6.08 Å². The van der Waals surface area contributed by atoms with Crippen molar-refractivity contribution in [3.63, 3.8) is 0 Å². The number of unbranched alkanes of at least 4 members (excludes halogenated alkanes) is 2. The standard InChI is InChI=1S/C15H21/c1-5-6-7-8-9-15-10-12(2)14(4)13(3)11-15/h1,5,10-11H,6-9H2,2-4H3. The summed E-state index contributed by atoms with van der Waals surface area (Å²) in [5.74, 6) is 0. The van der Waals surface area contributed by atoms with Crippen molar-refractivity contribution in [2.75, 3.05) is 0 Å². The van der Waals surface area contributed by atoms with Crippen LogP contribution in [0.15, 0.2) is 18.2 Å². The maximum absolute atomic E-state index is 5.35. The first-order valence-electron chi connectivity index (χ1n) is 5.75. The van der Waals surface area contributed by atoms with E-state index < -0.39 is 0 Å². The zero-order chi connectivity index (χ0) is 11.3. The van der Waals surface area contributed by atoms with Crippen LogP contribution in [0.3, 0.4) is 0 Å². The Hall–Kier alpha value is -1.04. The van der Waals surface area contributed by atoms with Crippen LogP contribution in [0.4, 0.5) is 0 Å². The molecular weight excluding hydrogens is 180 g/mol. The summed E-state index contributed by atoms with van der Waals surface area (Å²) in [7, 11) is 0. The number of hydrogen-bond acceptors (Lipinski definition) is 0. The number of benzene rings is 1. The fourth-order valence-electron chi connectivity index (χ4n) is 1.86. The van der Waals surface area contributed by atoms with Crippen LogP contribution >= 0.6 is 0 Å². The van der Waals surface area contributed by atoms with Gasteiger partial charge in [-0.1, -0.05) is 24.8 Å². The second-order valence-corrected chi connectivity index (χ2v) is 4.34. The van der Waals surface area contributed by atoms with E-state index in [4.69, 9.17) is 6.58 Å². The van der Waals surface area contributed by atoms with Crippen molar-refractivity contribution >= 4 is 0 Å². The number of hydrogen-bond donors (Lipinski definition) is 0. The third-order valence-corrected chi connectivity index (χ3v) is 3.07. The van der Waals surface area contributed by atoms with Gasteiger partial charge in [0.25, 0.3) is 0 Å². The van der Waals surface area contributed by atoms with E-state index in [2.05, 4.69) is 32.9 Å². The van der Waals surface area contributed by atoms with Crippen LogP contribution in [0.5, 0.6) is 0 Å². The quantitative estimate of drug-likeness (QED) is 0.623. The molecule has 15 heavy (non-hydrogen) atoms. The molecule has 1 radical (unpaired) electrons. The summed E-state index contributed by atoms with van der Waals surface area (Å²) in [6.07, 6.45) is 6.39. The molecule has 0 aliphatic rings. The van der Waals surface area contributed by atoms with Gasteiger partial charge in [0.15, 0.2) is 0 Å². The number of allylic oxidation sites excluding steroid dienone is 1. The molecule has 0 bridgehead atoms. The van der Waals surface area contributed by atoms with E-state index in [1.807, 2.05) is 0 Å². The van der Waals surface area contributed by atoms with Gasteiger partial charge in [-0.3, -0.25) is 0 Å². The Morgan fingerprint density at radius 2 is 1.67 bits per heavy atom. The lowest BCUT2D eigenvalue weighted by molar-refractivity contribution is 0.747. The Morgan fingerprint density at radius 3 is 2.20 bits per heavy atom. The van der Waals surface area contributed by atoms with Crippen LogP contribution in [-0.2, 0) is 6.42 Å². The molecule has 81 valence electrons. The summed E-state index contributed by atoms with van der Waals surface area (Å²) < 4.78 is 0. The van der Waals surface area contributed by atoms with E-state index in [9.17, 15) is 0 Å². The van der Waals surface area contributed by atoms with Gasteiger partial charge in [-0.2, -0.15) is 0 Å². The molecule has 1 aromatic rings. The van der Waals surface area contributed by atoms with Gasteiger partial charge in [0.1, 0.15) is 0 Å². The first kappa shape index (κ1) is 12.0. The van der Waals surface area contributed by atoms with Crippen molar-refractivity contribution in [3.8, 4) is 0 Å². The molecule has 0 fully saturated rings. The average Bonchev–Trinajstić information content (AvgIpc) is 2.21. The lowest BCUT2D eigenvalue weighted by atomic mass is 9.97. The first-order valence-corrected chi connectivity index (χ1v) is 5.75. The van der Waals surface area contributed by atoms with Gasteiger partial charge < -0.3 is 0 Å². The molecule has 1 aromatic carbocycles.